The van der Waals surface area contributed by atoms with Crippen LogP contribution >= 0.6 is 0 Å². The third-order valence-electron chi connectivity index (χ3n) is 6.29. The van der Waals surface area contributed by atoms with Crippen molar-refractivity contribution in [2.45, 2.75) is 26.2 Å². The van der Waals surface area contributed by atoms with E-state index in [-0.39, 0.29) is 5.91 Å². The van der Waals surface area contributed by atoms with Crippen LogP contribution in [0.5, 0.6) is 0 Å². The van der Waals surface area contributed by atoms with Crippen molar-refractivity contribution >= 4 is 22.8 Å². The molecular weight excluding hydrogens is 398 g/mol. The maximum absolute atomic E-state index is 12.4. The highest BCUT2D eigenvalue weighted by Gasteiger charge is 2.29. The Bertz CT molecular complexity index is 1070. The first-order valence-corrected chi connectivity index (χ1v) is 11.5. The van der Waals surface area contributed by atoms with Gasteiger partial charge in [-0.05, 0) is 36.5 Å². The smallest absolute Gasteiger partial charge is 0.223 e. The summed E-state index contributed by atoms with van der Waals surface area (Å²) in [6.45, 7) is 5.27. The summed E-state index contributed by atoms with van der Waals surface area (Å²) < 4.78 is 0. The number of hydrogen-bond donors (Lipinski definition) is 3. The van der Waals surface area contributed by atoms with Crippen LogP contribution in [0.15, 0.2) is 59.7 Å². The van der Waals surface area contributed by atoms with E-state index in [0.717, 1.165) is 45.0 Å². The molecule has 6 heteroatoms. The molecule has 1 aromatic heterocycles. The lowest BCUT2D eigenvalue weighted by molar-refractivity contribution is -0.127. The van der Waals surface area contributed by atoms with Gasteiger partial charge in [-0.15, -0.1) is 0 Å². The maximum atomic E-state index is 12.4. The Hall–Kier alpha value is -3.28. The SMILES string of the molecule is CN=C(NCCc1c[nH]c2c(C)cccc12)NCC1CC(=O)N(CCc2ccccc2)C1. The molecule has 0 radical (unpaired) electrons. The lowest BCUT2D eigenvalue weighted by Crippen LogP contribution is -2.41. The van der Waals surface area contributed by atoms with Crippen molar-refractivity contribution in [1.82, 2.24) is 20.5 Å². The summed E-state index contributed by atoms with van der Waals surface area (Å²) in [6, 6.07) is 16.8. The van der Waals surface area contributed by atoms with Crippen molar-refractivity contribution < 1.29 is 4.79 Å². The first-order valence-electron chi connectivity index (χ1n) is 11.5. The van der Waals surface area contributed by atoms with Crippen molar-refractivity contribution in [2.24, 2.45) is 10.9 Å². The molecule has 2 heterocycles. The molecule has 0 spiro atoms. The van der Waals surface area contributed by atoms with Crippen molar-refractivity contribution in [3.63, 3.8) is 0 Å². The summed E-state index contributed by atoms with van der Waals surface area (Å²) in [7, 11) is 1.79. The largest absolute Gasteiger partial charge is 0.361 e. The molecule has 1 aliphatic rings. The minimum atomic E-state index is 0.255. The van der Waals surface area contributed by atoms with E-state index in [9.17, 15) is 4.79 Å². The monoisotopic (exact) mass is 431 g/mol. The van der Waals surface area contributed by atoms with Crippen molar-refractivity contribution in [3.05, 3.63) is 71.4 Å². The van der Waals surface area contributed by atoms with Gasteiger partial charge in [0.1, 0.15) is 0 Å². The van der Waals surface area contributed by atoms with Crippen LogP contribution in [-0.2, 0) is 17.6 Å². The molecule has 168 valence electrons. The molecule has 3 aromatic rings. The molecular formula is C26H33N5O. The Morgan fingerprint density at radius 2 is 1.97 bits per heavy atom. The van der Waals surface area contributed by atoms with Crippen molar-refractivity contribution in [1.29, 1.82) is 0 Å². The lowest BCUT2D eigenvalue weighted by Gasteiger charge is -2.18. The quantitative estimate of drug-likeness (QED) is 0.379. The number of nitrogens with one attached hydrogen (secondary N) is 3. The fourth-order valence-corrected chi connectivity index (χ4v) is 4.46. The fourth-order valence-electron chi connectivity index (χ4n) is 4.46. The first kappa shape index (κ1) is 21.9. The van der Waals surface area contributed by atoms with E-state index < -0.39 is 0 Å². The molecule has 4 rings (SSSR count). The Morgan fingerprint density at radius 1 is 1.12 bits per heavy atom. The predicted octanol–water partition coefficient (Wildman–Crippen LogP) is 3.28. The van der Waals surface area contributed by atoms with Gasteiger partial charge in [-0.2, -0.15) is 0 Å². The van der Waals surface area contributed by atoms with E-state index in [4.69, 9.17) is 0 Å². The van der Waals surface area contributed by atoms with Gasteiger partial charge in [0.05, 0.1) is 0 Å². The van der Waals surface area contributed by atoms with Gasteiger partial charge < -0.3 is 20.5 Å². The van der Waals surface area contributed by atoms with Gasteiger partial charge >= 0.3 is 0 Å². The van der Waals surface area contributed by atoms with Crippen LogP contribution < -0.4 is 10.6 Å². The predicted molar refractivity (Wildman–Crippen MR) is 131 cm³/mol. The number of fused-ring (bicyclic) bond motifs is 1. The summed E-state index contributed by atoms with van der Waals surface area (Å²) >= 11 is 0. The molecule has 0 bridgehead atoms. The number of aliphatic imine (C=N–C) groups is 1. The van der Waals surface area contributed by atoms with Gasteiger partial charge in [-0.25, -0.2) is 0 Å². The Labute approximate surface area is 190 Å². The molecule has 1 amide bonds. The van der Waals surface area contributed by atoms with E-state index >= 15 is 0 Å². The number of para-hydroxylation sites is 1. The third kappa shape index (κ3) is 5.31. The molecule has 1 aliphatic heterocycles. The molecule has 1 fully saturated rings. The number of likely N-dealkylation sites (tertiary alicyclic amines) is 1. The Balaban J connectivity index is 1.20. The highest BCUT2D eigenvalue weighted by molar-refractivity contribution is 5.86. The summed E-state index contributed by atoms with van der Waals surface area (Å²) in [6.07, 6.45) is 4.53. The molecule has 2 aromatic carbocycles. The van der Waals surface area contributed by atoms with Crippen LogP contribution in [-0.4, -0.2) is 55.0 Å². The lowest BCUT2D eigenvalue weighted by atomic mass is 10.1. The van der Waals surface area contributed by atoms with Crippen molar-refractivity contribution in [2.75, 3.05) is 33.2 Å². The molecule has 32 heavy (non-hydrogen) atoms. The second kappa shape index (κ2) is 10.4. The number of carbonyl (C=O) groups excluding carboxylic acids is 1. The van der Waals surface area contributed by atoms with E-state index in [1.54, 1.807) is 7.05 Å². The van der Waals surface area contributed by atoms with E-state index in [1.165, 1.54) is 27.6 Å². The standard InChI is InChI=1S/C26H33N5O/c1-19-7-6-10-23-22(17-29-25(19)23)11-13-28-26(27-2)30-16-21-15-24(32)31(18-21)14-12-20-8-4-3-5-9-20/h3-10,17,21,29H,11-16,18H2,1-2H3,(H2,27,28,30). The number of carbonyl (C=O) groups is 1. The second-order valence-corrected chi connectivity index (χ2v) is 8.59. The third-order valence-corrected chi connectivity index (χ3v) is 6.29. The number of H-pyrrole nitrogens is 1. The van der Waals surface area contributed by atoms with Gasteiger partial charge in [0.25, 0.3) is 0 Å². The Kier molecular flexibility index (Phi) is 7.10. The number of aryl methyl sites for hydroxylation is 1. The fraction of sp³-hybridized carbons (Fsp3) is 0.385. The molecule has 1 atom stereocenters. The number of rotatable bonds is 8. The number of aromatic nitrogens is 1. The molecule has 3 N–H and O–H groups in total. The maximum Gasteiger partial charge on any atom is 0.223 e. The van der Waals surface area contributed by atoms with E-state index in [0.29, 0.717) is 12.3 Å². The first-order chi connectivity index (χ1) is 15.6. The number of benzene rings is 2. The molecule has 6 nitrogen and oxygen atoms in total. The topological polar surface area (TPSA) is 72.5 Å². The number of hydrogen-bond acceptors (Lipinski definition) is 2. The van der Waals surface area contributed by atoms with Gasteiger partial charge in [-0.3, -0.25) is 9.79 Å². The van der Waals surface area contributed by atoms with Gasteiger partial charge in [0.15, 0.2) is 5.96 Å². The normalized spacial score (nSPS) is 16.7. The second-order valence-electron chi connectivity index (χ2n) is 8.59. The molecule has 0 saturated carbocycles. The average molecular weight is 432 g/mol. The van der Waals surface area contributed by atoms with Crippen LogP contribution in [0.25, 0.3) is 10.9 Å². The van der Waals surface area contributed by atoms with Crippen LogP contribution in [0.2, 0.25) is 0 Å². The van der Waals surface area contributed by atoms with Crippen LogP contribution in [0, 0.1) is 12.8 Å². The van der Waals surface area contributed by atoms with Crippen LogP contribution in [0.1, 0.15) is 23.1 Å². The highest BCUT2D eigenvalue weighted by Crippen LogP contribution is 2.21. The number of nitrogens with zero attached hydrogens (tertiary/aromatic N) is 2. The van der Waals surface area contributed by atoms with Crippen LogP contribution in [0.4, 0.5) is 0 Å². The number of amides is 1. The van der Waals surface area contributed by atoms with Gasteiger partial charge in [-0.1, -0.05) is 48.5 Å². The summed E-state index contributed by atoms with van der Waals surface area (Å²) in [5, 5.41) is 8.10. The highest BCUT2D eigenvalue weighted by atomic mass is 16.2. The zero-order valence-corrected chi connectivity index (χ0v) is 19.0. The molecule has 0 aliphatic carbocycles. The van der Waals surface area contributed by atoms with Gasteiger partial charge in [0, 0.05) is 62.7 Å². The van der Waals surface area contributed by atoms with E-state index in [1.807, 2.05) is 23.1 Å². The zero-order valence-electron chi connectivity index (χ0n) is 19.0. The van der Waals surface area contributed by atoms with Crippen molar-refractivity contribution in [3.8, 4) is 0 Å². The zero-order chi connectivity index (χ0) is 22.3. The Morgan fingerprint density at radius 3 is 2.78 bits per heavy atom. The van der Waals surface area contributed by atoms with E-state index in [2.05, 4.69) is 64.1 Å². The number of guanidine groups is 1. The minimum Gasteiger partial charge on any atom is -0.361 e. The van der Waals surface area contributed by atoms with Crippen LogP contribution in [0.3, 0.4) is 0 Å². The summed E-state index contributed by atoms with van der Waals surface area (Å²) in [5.41, 5.74) is 5.06. The summed E-state index contributed by atoms with van der Waals surface area (Å²) in [4.78, 5) is 22.1. The minimum absolute atomic E-state index is 0.255. The number of aromatic amines is 1. The average Bonchev–Trinajstić information content (AvgIpc) is 3.39. The summed E-state index contributed by atoms with van der Waals surface area (Å²) in [5.74, 6) is 1.36. The molecule has 1 unspecified atom stereocenters. The molecule has 1 saturated heterocycles. The van der Waals surface area contributed by atoms with Gasteiger partial charge in [0.2, 0.25) is 5.91 Å².